The highest BCUT2D eigenvalue weighted by Gasteiger charge is 2.05. The Morgan fingerprint density at radius 3 is 2.87 bits per heavy atom. The Morgan fingerprint density at radius 1 is 1.40 bits per heavy atom. The SMILES string of the molecule is Cn1ccnc1Sc1ccccc1CO. The number of hydrogen-bond acceptors (Lipinski definition) is 3. The molecular weight excluding hydrogens is 208 g/mol. The van der Waals surface area contributed by atoms with Crippen LogP contribution in [0, 0.1) is 0 Å². The summed E-state index contributed by atoms with van der Waals surface area (Å²) in [6.07, 6.45) is 3.67. The first-order valence-corrected chi connectivity index (χ1v) is 5.47. The normalized spacial score (nSPS) is 10.5. The molecule has 0 amide bonds. The van der Waals surface area contributed by atoms with E-state index in [1.807, 2.05) is 42.1 Å². The van der Waals surface area contributed by atoms with E-state index < -0.39 is 0 Å². The van der Waals surface area contributed by atoms with Crippen LogP contribution in [-0.2, 0) is 13.7 Å². The second kappa shape index (κ2) is 4.51. The maximum absolute atomic E-state index is 9.18. The number of imidazole rings is 1. The van der Waals surface area contributed by atoms with Crippen LogP contribution in [0.25, 0.3) is 0 Å². The lowest BCUT2D eigenvalue weighted by atomic mass is 10.2. The molecule has 2 aromatic rings. The molecule has 0 aliphatic carbocycles. The van der Waals surface area contributed by atoms with Crippen LogP contribution in [0.1, 0.15) is 5.56 Å². The third kappa shape index (κ3) is 2.22. The van der Waals surface area contributed by atoms with Gasteiger partial charge in [0.1, 0.15) is 0 Å². The van der Waals surface area contributed by atoms with Crippen LogP contribution in [0.4, 0.5) is 0 Å². The van der Waals surface area contributed by atoms with Crippen molar-refractivity contribution < 1.29 is 5.11 Å². The summed E-state index contributed by atoms with van der Waals surface area (Å²) in [6, 6.07) is 7.80. The number of aromatic nitrogens is 2. The fourth-order valence-corrected chi connectivity index (χ4v) is 2.21. The van der Waals surface area contributed by atoms with Crippen molar-refractivity contribution in [2.45, 2.75) is 16.7 Å². The molecule has 0 fully saturated rings. The van der Waals surface area contributed by atoms with Crippen molar-refractivity contribution in [3.8, 4) is 0 Å². The summed E-state index contributed by atoms with van der Waals surface area (Å²) in [7, 11) is 1.96. The van der Waals surface area contributed by atoms with Crippen molar-refractivity contribution in [2.75, 3.05) is 0 Å². The van der Waals surface area contributed by atoms with E-state index in [9.17, 15) is 5.11 Å². The van der Waals surface area contributed by atoms with Gasteiger partial charge in [-0.1, -0.05) is 30.0 Å². The highest BCUT2D eigenvalue weighted by Crippen LogP contribution is 2.28. The quantitative estimate of drug-likeness (QED) is 0.860. The molecule has 1 heterocycles. The van der Waals surface area contributed by atoms with Crippen molar-refractivity contribution in [1.82, 2.24) is 9.55 Å². The first-order chi connectivity index (χ1) is 7.31. The van der Waals surface area contributed by atoms with Gasteiger partial charge in [-0.3, -0.25) is 0 Å². The van der Waals surface area contributed by atoms with Gasteiger partial charge in [-0.25, -0.2) is 4.98 Å². The number of aliphatic hydroxyl groups excluding tert-OH is 1. The van der Waals surface area contributed by atoms with E-state index in [1.54, 1.807) is 18.0 Å². The molecule has 1 N–H and O–H groups in total. The number of aryl methyl sites for hydroxylation is 1. The number of nitrogens with zero attached hydrogens (tertiary/aromatic N) is 2. The molecule has 0 unspecified atom stereocenters. The van der Waals surface area contributed by atoms with E-state index in [4.69, 9.17) is 0 Å². The van der Waals surface area contributed by atoms with Gasteiger partial charge in [-0.2, -0.15) is 0 Å². The Morgan fingerprint density at radius 2 is 2.20 bits per heavy atom. The summed E-state index contributed by atoms with van der Waals surface area (Å²) in [4.78, 5) is 5.28. The average Bonchev–Trinajstić information content (AvgIpc) is 2.65. The number of benzene rings is 1. The van der Waals surface area contributed by atoms with E-state index >= 15 is 0 Å². The lowest BCUT2D eigenvalue weighted by Gasteiger charge is -2.05. The van der Waals surface area contributed by atoms with Gasteiger partial charge in [-0.15, -0.1) is 0 Å². The number of aliphatic hydroxyl groups is 1. The van der Waals surface area contributed by atoms with E-state index in [2.05, 4.69) is 4.98 Å². The van der Waals surface area contributed by atoms with Gasteiger partial charge in [-0.05, 0) is 11.6 Å². The van der Waals surface area contributed by atoms with Gasteiger partial charge in [0.2, 0.25) is 0 Å². The molecule has 0 saturated carbocycles. The lowest BCUT2D eigenvalue weighted by molar-refractivity contribution is 0.279. The topological polar surface area (TPSA) is 38.0 Å². The van der Waals surface area contributed by atoms with Crippen LogP contribution in [0.3, 0.4) is 0 Å². The molecule has 78 valence electrons. The zero-order valence-electron chi connectivity index (χ0n) is 8.42. The van der Waals surface area contributed by atoms with E-state index in [0.29, 0.717) is 0 Å². The van der Waals surface area contributed by atoms with Crippen LogP contribution in [-0.4, -0.2) is 14.7 Å². The lowest BCUT2D eigenvalue weighted by Crippen LogP contribution is -1.91. The first-order valence-electron chi connectivity index (χ1n) is 4.65. The molecular formula is C11H12N2OS. The minimum atomic E-state index is 0.0631. The highest BCUT2D eigenvalue weighted by atomic mass is 32.2. The Hall–Kier alpha value is -1.26. The standard InChI is InChI=1S/C11H12N2OS/c1-13-7-6-12-11(13)15-10-5-3-2-4-9(10)8-14/h2-7,14H,8H2,1H3. The summed E-state index contributed by atoms with van der Waals surface area (Å²) < 4.78 is 1.96. The summed E-state index contributed by atoms with van der Waals surface area (Å²) in [6.45, 7) is 0.0631. The maximum atomic E-state index is 9.18. The van der Waals surface area contributed by atoms with Gasteiger partial charge in [0.15, 0.2) is 5.16 Å². The predicted octanol–water partition coefficient (Wildman–Crippen LogP) is 2.06. The van der Waals surface area contributed by atoms with Crippen LogP contribution in [0.5, 0.6) is 0 Å². The van der Waals surface area contributed by atoms with Gasteiger partial charge in [0.25, 0.3) is 0 Å². The maximum Gasteiger partial charge on any atom is 0.172 e. The van der Waals surface area contributed by atoms with E-state index in [0.717, 1.165) is 15.6 Å². The molecule has 0 aliphatic rings. The Kier molecular flexibility index (Phi) is 3.08. The molecule has 2 rings (SSSR count). The molecule has 4 heteroatoms. The second-order valence-electron chi connectivity index (χ2n) is 3.19. The summed E-state index contributed by atoms with van der Waals surface area (Å²) in [5.74, 6) is 0. The molecule has 0 saturated heterocycles. The third-order valence-corrected chi connectivity index (χ3v) is 3.32. The molecule has 3 nitrogen and oxygen atoms in total. The minimum Gasteiger partial charge on any atom is -0.392 e. The first kappa shape index (κ1) is 10.3. The van der Waals surface area contributed by atoms with Crippen molar-refractivity contribution in [3.05, 3.63) is 42.2 Å². The third-order valence-electron chi connectivity index (χ3n) is 2.12. The van der Waals surface area contributed by atoms with Crippen LogP contribution in [0.15, 0.2) is 46.7 Å². The van der Waals surface area contributed by atoms with Crippen molar-refractivity contribution in [3.63, 3.8) is 0 Å². The number of rotatable bonds is 3. The predicted molar refractivity (Wildman–Crippen MR) is 59.7 cm³/mol. The molecule has 0 bridgehead atoms. The van der Waals surface area contributed by atoms with Gasteiger partial charge in [0.05, 0.1) is 6.61 Å². The monoisotopic (exact) mass is 220 g/mol. The minimum absolute atomic E-state index is 0.0631. The van der Waals surface area contributed by atoms with Crippen LogP contribution in [0.2, 0.25) is 0 Å². The van der Waals surface area contributed by atoms with Crippen molar-refractivity contribution in [2.24, 2.45) is 7.05 Å². The smallest absolute Gasteiger partial charge is 0.172 e. The fourth-order valence-electron chi connectivity index (χ4n) is 1.28. The van der Waals surface area contributed by atoms with Gasteiger partial charge in [0, 0.05) is 24.3 Å². The van der Waals surface area contributed by atoms with Crippen molar-refractivity contribution >= 4 is 11.8 Å². The molecule has 1 aromatic heterocycles. The summed E-state index contributed by atoms with van der Waals surface area (Å²) in [5, 5.41) is 10.1. The molecule has 1 aromatic carbocycles. The van der Waals surface area contributed by atoms with E-state index in [1.165, 1.54) is 0 Å². The fraction of sp³-hybridized carbons (Fsp3) is 0.182. The molecule has 0 spiro atoms. The van der Waals surface area contributed by atoms with Crippen molar-refractivity contribution in [1.29, 1.82) is 0 Å². The molecule has 15 heavy (non-hydrogen) atoms. The number of hydrogen-bond donors (Lipinski definition) is 1. The average molecular weight is 220 g/mol. The Balaban J connectivity index is 2.28. The molecule has 0 radical (unpaired) electrons. The van der Waals surface area contributed by atoms with Crippen LogP contribution < -0.4 is 0 Å². The second-order valence-corrected chi connectivity index (χ2v) is 4.20. The highest BCUT2D eigenvalue weighted by molar-refractivity contribution is 7.99. The molecule has 0 atom stereocenters. The van der Waals surface area contributed by atoms with E-state index in [-0.39, 0.29) is 6.61 Å². The Labute approximate surface area is 92.8 Å². The largest absolute Gasteiger partial charge is 0.392 e. The summed E-state index contributed by atoms with van der Waals surface area (Å²) in [5.41, 5.74) is 0.936. The zero-order chi connectivity index (χ0) is 10.7. The van der Waals surface area contributed by atoms with Crippen LogP contribution >= 0.6 is 11.8 Å². The van der Waals surface area contributed by atoms with Gasteiger partial charge >= 0.3 is 0 Å². The summed E-state index contributed by atoms with van der Waals surface area (Å²) >= 11 is 1.56. The zero-order valence-corrected chi connectivity index (χ0v) is 9.24. The Bertz CT molecular complexity index is 453. The molecule has 0 aliphatic heterocycles. The van der Waals surface area contributed by atoms with Gasteiger partial charge < -0.3 is 9.67 Å².